The number of esters is 1. The van der Waals surface area contributed by atoms with Crippen molar-refractivity contribution in [1.29, 1.82) is 0 Å². The molecule has 0 aliphatic rings. The van der Waals surface area contributed by atoms with E-state index < -0.39 is 5.60 Å². The summed E-state index contributed by atoms with van der Waals surface area (Å²) < 4.78 is 23.5. The van der Waals surface area contributed by atoms with Gasteiger partial charge in [-0.15, -0.1) is 0 Å². The van der Waals surface area contributed by atoms with Crippen LogP contribution in [-0.4, -0.2) is 45.6 Å². The predicted molar refractivity (Wildman–Crippen MR) is 197 cm³/mol. The van der Waals surface area contributed by atoms with Crippen molar-refractivity contribution < 1.29 is 23.7 Å². The summed E-state index contributed by atoms with van der Waals surface area (Å²) in [7, 11) is 0. The fourth-order valence-electron chi connectivity index (χ4n) is 6.27. The number of rotatable bonds is 29. The molecule has 0 spiro atoms. The van der Waals surface area contributed by atoms with Crippen molar-refractivity contribution in [1.82, 2.24) is 0 Å². The van der Waals surface area contributed by atoms with Gasteiger partial charge in [0, 0.05) is 6.42 Å². The molecule has 0 amide bonds. The van der Waals surface area contributed by atoms with Crippen LogP contribution in [0.4, 0.5) is 0 Å². The maximum Gasteiger partial charge on any atom is 0.305 e. The van der Waals surface area contributed by atoms with Gasteiger partial charge >= 0.3 is 5.97 Å². The van der Waals surface area contributed by atoms with E-state index in [0.29, 0.717) is 39.5 Å². The largest absolute Gasteiger partial charge is 0.463 e. The Balaban J connectivity index is 1.19. The summed E-state index contributed by atoms with van der Waals surface area (Å²) >= 11 is 0. The zero-order valence-electron chi connectivity index (χ0n) is 29.8. The molecule has 0 aromatic heterocycles. The van der Waals surface area contributed by atoms with Crippen LogP contribution in [0, 0.1) is 0 Å². The van der Waals surface area contributed by atoms with Gasteiger partial charge in [-0.25, -0.2) is 0 Å². The topological polar surface area (TPSA) is 54.0 Å². The molecule has 0 bridgehead atoms. The van der Waals surface area contributed by atoms with Gasteiger partial charge in [0.25, 0.3) is 0 Å². The maximum absolute atomic E-state index is 12.1. The quantitative estimate of drug-likeness (QED) is 0.0422. The smallest absolute Gasteiger partial charge is 0.305 e. The van der Waals surface area contributed by atoms with Crippen LogP contribution in [0.2, 0.25) is 0 Å². The Labute approximate surface area is 291 Å². The molecule has 3 rings (SSSR count). The Morgan fingerprint density at radius 3 is 1.23 bits per heavy atom. The van der Waals surface area contributed by atoms with Crippen LogP contribution in [0.5, 0.6) is 0 Å². The lowest BCUT2D eigenvalue weighted by Crippen LogP contribution is -2.34. The number of unbranched alkanes of at least 4 members (excludes halogenated alkanes) is 14. The lowest BCUT2D eigenvalue weighted by atomic mass is 9.80. The Morgan fingerprint density at radius 1 is 0.458 bits per heavy atom. The molecule has 0 aliphatic heterocycles. The first-order valence-electron chi connectivity index (χ1n) is 18.9. The lowest BCUT2D eigenvalue weighted by Gasteiger charge is -2.36. The fraction of sp³-hybridized carbons (Fsp3) is 0.558. The van der Waals surface area contributed by atoms with Gasteiger partial charge in [-0.2, -0.15) is 0 Å². The number of carbonyl (C=O) groups is 1. The highest BCUT2D eigenvalue weighted by Crippen LogP contribution is 2.40. The molecular formula is C43H62O5. The summed E-state index contributed by atoms with van der Waals surface area (Å²) in [4.78, 5) is 12.1. The van der Waals surface area contributed by atoms with E-state index in [-0.39, 0.29) is 12.6 Å². The molecule has 0 heterocycles. The van der Waals surface area contributed by atoms with Crippen molar-refractivity contribution >= 4 is 5.97 Å². The molecule has 0 unspecified atom stereocenters. The van der Waals surface area contributed by atoms with Crippen molar-refractivity contribution in [2.24, 2.45) is 0 Å². The van der Waals surface area contributed by atoms with Gasteiger partial charge in [0.1, 0.15) is 12.2 Å². The summed E-state index contributed by atoms with van der Waals surface area (Å²) in [6, 6.07) is 31.0. The third-order valence-corrected chi connectivity index (χ3v) is 8.93. The van der Waals surface area contributed by atoms with Crippen LogP contribution in [0.3, 0.4) is 0 Å². The normalized spacial score (nSPS) is 11.5. The first-order valence-corrected chi connectivity index (χ1v) is 18.9. The SMILES string of the molecule is CCCCCCCCCCCCCCCCCC(=O)OCCOCCOCCOC(c1ccccc1)(c1ccccc1)c1ccccc1. The van der Waals surface area contributed by atoms with Crippen LogP contribution in [0.15, 0.2) is 91.0 Å². The summed E-state index contributed by atoms with van der Waals surface area (Å²) in [5, 5.41) is 0. The Hall–Kier alpha value is -2.99. The van der Waals surface area contributed by atoms with Crippen molar-refractivity contribution in [3.63, 3.8) is 0 Å². The highest BCUT2D eigenvalue weighted by Gasteiger charge is 2.37. The molecular weight excluding hydrogens is 596 g/mol. The first-order chi connectivity index (χ1) is 23.8. The molecule has 0 saturated carbocycles. The van der Waals surface area contributed by atoms with Crippen LogP contribution in [0.1, 0.15) is 126 Å². The molecule has 3 aromatic rings. The molecule has 48 heavy (non-hydrogen) atoms. The fourth-order valence-corrected chi connectivity index (χ4v) is 6.27. The minimum absolute atomic E-state index is 0.125. The molecule has 0 radical (unpaired) electrons. The molecule has 0 atom stereocenters. The van der Waals surface area contributed by atoms with E-state index in [0.717, 1.165) is 29.5 Å². The molecule has 5 nitrogen and oxygen atoms in total. The molecule has 0 fully saturated rings. The molecule has 5 heteroatoms. The van der Waals surface area contributed by atoms with Gasteiger partial charge in [-0.05, 0) is 23.1 Å². The van der Waals surface area contributed by atoms with Crippen molar-refractivity contribution in [3.8, 4) is 0 Å². The number of hydrogen-bond donors (Lipinski definition) is 0. The molecule has 0 saturated heterocycles. The van der Waals surface area contributed by atoms with Crippen LogP contribution in [0.25, 0.3) is 0 Å². The van der Waals surface area contributed by atoms with Crippen molar-refractivity contribution in [3.05, 3.63) is 108 Å². The zero-order chi connectivity index (χ0) is 33.8. The summed E-state index contributed by atoms with van der Waals surface area (Å²) in [5.41, 5.74) is 2.46. The molecule has 3 aromatic carbocycles. The molecule has 0 aliphatic carbocycles. The van der Waals surface area contributed by atoms with E-state index in [4.69, 9.17) is 18.9 Å². The van der Waals surface area contributed by atoms with E-state index in [1.165, 1.54) is 83.5 Å². The minimum atomic E-state index is -0.750. The average Bonchev–Trinajstić information content (AvgIpc) is 3.13. The average molecular weight is 659 g/mol. The van der Waals surface area contributed by atoms with E-state index in [9.17, 15) is 4.79 Å². The lowest BCUT2D eigenvalue weighted by molar-refractivity contribution is -0.145. The summed E-state index contributed by atoms with van der Waals surface area (Å²) in [6.45, 7) is 4.68. The maximum atomic E-state index is 12.1. The van der Waals surface area contributed by atoms with Crippen molar-refractivity contribution in [2.75, 3.05) is 39.6 Å². The summed E-state index contributed by atoms with van der Waals surface area (Å²) in [6.07, 6.45) is 20.3. The van der Waals surface area contributed by atoms with Crippen LogP contribution in [-0.2, 0) is 29.3 Å². The van der Waals surface area contributed by atoms with Gasteiger partial charge in [-0.1, -0.05) is 188 Å². The van der Waals surface area contributed by atoms with Crippen LogP contribution >= 0.6 is 0 Å². The molecule has 0 N–H and O–H groups in total. The Morgan fingerprint density at radius 2 is 0.812 bits per heavy atom. The van der Waals surface area contributed by atoms with Crippen molar-refractivity contribution in [2.45, 2.75) is 115 Å². The monoisotopic (exact) mass is 658 g/mol. The van der Waals surface area contributed by atoms with Gasteiger partial charge in [0.2, 0.25) is 0 Å². The van der Waals surface area contributed by atoms with E-state index in [2.05, 4.69) is 43.3 Å². The second kappa shape index (κ2) is 26.0. The third-order valence-electron chi connectivity index (χ3n) is 8.93. The highest BCUT2D eigenvalue weighted by atomic mass is 16.6. The molecule has 264 valence electrons. The van der Waals surface area contributed by atoms with Gasteiger partial charge in [0.15, 0.2) is 0 Å². The van der Waals surface area contributed by atoms with Gasteiger partial charge < -0.3 is 18.9 Å². The number of benzene rings is 3. The second-order valence-electron chi connectivity index (χ2n) is 12.8. The first kappa shape index (κ1) is 39.4. The standard InChI is InChI=1S/C43H62O5/c1-2-3-4-5-6-7-8-9-10-11-12-13-14-15-25-32-42(44)47-37-35-45-33-34-46-36-38-48-43(39-26-19-16-20-27-39,40-28-21-17-22-29-40)41-30-23-18-24-31-41/h16-24,26-31H,2-15,25,32-38H2,1H3. The second-order valence-corrected chi connectivity index (χ2v) is 12.8. The van der Waals surface area contributed by atoms with E-state index in [1.54, 1.807) is 0 Å². The zero-order valence-corrected chi connectivity index (χ0v) is 29.8. The number of hydrogen-bond acceptors (Lipinski definition) is 5. The predicted octanol–water partition coefficient (Wildman–Crippen LogP) is 10.8. The van der Waals surface area contributed by atoms with E-state index >= 15 is 0 Å². The summed E-state index contributed by atoms with van der Waals surface area (Å²) in [5.74, 6) is -0.125. The Kier molecular flexibility index (Phi) is 21.3. The minimum Gasteiger partial charge on any atom is -0.463 e. The van der Waals surface area contributed by atoms with Gasteiger partial charge in [-0.3, -0.25) is 4.79 Å². The number of ether oxygens (including phenoxy) is 4. The Bertz CT molecular complexity index is 1070. The van der Waals surface area contributed by atoms with Crippen LogP contribution < -0.4 is 0 Å². The third kappa shape index (κ3) is 15.5. The van der Waals surface area contributed by atoms with Gasteiger partial charge in [0.05, 0.1) is 33.0 Å². The highest BCUT2D eigenvalue weighted by molar-refractivity contribution is 5.69. The van der Waals surface area contributed by atoms with E-state index in [1.807, 2.05) is 54.6 Å². The number of carbonyl (C=O) groups excluding carboxylic acids is 1.